The van der Waals surface area contributed by atoms with Crippen molar-refractivity contribution in [3.05, 3.63) is 24.3 Å². The third-order valence-corrected chi connectivity index (χ3v) is 2.28. The molecule has 1 aliphatic rings. The molecule has 0 aromatic heterocycles. The van der Waals surface area contributed by atoms with Gasteiger partial charge in [0.2, 0.25) is 5.91 Å². The average Bonchev–Trinajstić information content (AvgIpc) is 2.34. The molecule has 2 nitrogen and oxygen atoms in total. The Labute approximate surface area is 64.2 Å². The van der Waals surface area contributed by atoms with Gasteiger partial charge in [-0.05, 0) is 0 Å². The van der Waals surface area contributed by atoms with Gasteiger partial charge in [-0.15, -0.1) is 11.8 Å². The average molecular weight is 155 g/mol. The van der Waals surface area contributed by atoms with Gasteiger partial charge < -0.3 is 5.73 Å². The minimum atomic E-state index is -0.251. The molecule has 0 radical (unpaired) electrons. The molecule has 2 N–H and O–H groups in total. The summed E-state index contributed by atoms with van der Waals surface area (Å²) in [5.41, 5.74) is 4.96. The van der Waals surface area contributed by atoms with Gasteiger partial charge in [0, 0.05) is 5.25 Å². The van der Waals surface area contributed by atoms with Crippen molar-refractivity contribution in [3.8, 4) is 0 Å². The summed E-state index contributed by atoms with van der Waals surface area (Å²) in [6.07, 6.45) is 8.01. The van der Waals surface area contributed by atoms with E-state index in [1.807, 2.05) is 24.3 Å². The summed E-state index contributed by atoms with van der Waals surface area (Å²) in [7, 11) is 0. The van der Waals surface area contributed by atoms with E-state index in [4.69, 9.17) is 5.73 Å². The minimum Gasteiger partial charge on any atom is -0.369 e. The van der Waals surface area contributed by atoms with Crippen molar-refractivity contribution in [1.29, 1.82) is 0 Å². The highest BCUT2D eigenvalue weighted by Crippen LogP contribution is 2.16. The van der Waals surface area contributed by atoms with E-state index in [-0.39, 0.29) is 5.91 Å². The zero-order valence-electron chi connectivity index (χ0n) is 5.49. The van der Waals surface area contributed by atoms with Crippen LogP contribution in [0.2, 0.25) is 0 Å². The second-order valence-electron chi connectivity index (χ2n) is 2.01. The van der Waals surface area contributed by atoms with Crippen LogP contribution in [-0.4, -0.2) is 16.9 Å². The molecule has 0 atom stereocenters. The topological polar surface area (TPSA) is 43.1 Å². The number of carbonyl (C=O) groups is 1. The quantitative estimate of drug-likeness (QED) is 0.652. The molecule has 10 heavy (non-hydrogen) atoms. The molecule has 0 heterocycles. The van der Waals surface area contributed by atoms with E-state index in [0.717, 1.165) is 0 Å². The molecule has 0 aromatic carbocycles. The summed E-state index contributed by atoms with van der Waals surface area (Å²) in [6.45, 7) is 0. The van der Waals surface area contributed by atoms with Crippen LogP contribution in [0.5, 0.6) is 0 Å². The Hall–Kier alpha value is -0.700. The highest BCUT2D eigenvalue weighted by atomic mass is 32.2. The van der Waals surface area contributed by atoms with Crippen LogP contribution in [0.25, 0.3) is 0 Å². The van der Waals surface area contributed by atoms with Gasteiger partial charge in [-0.2, -0.15) is 0 Å². The molecule has 0 spiro atoms. The summed E-state index contributed by atoms with van der Waals surface area (Å²) >= 11 is 1.54. The third kappa shape index (κ3) is 2.27. The lowest BCUT2D eigenvalue weighted by Crippen LogP contribution is -2.14. The maximum absolute atomic E-state index is 10.3. The normalized spacial score (nSPS) is 16.4. The fourth-order valence-corrected chi connectivity index (χ4v) is 1.46. The van der Waals surface area contributed by atoms with E-state index in [1.54, 1.807) is 11.8 Å². The lowest BCUT2D eigenvalue weighted by Gasteiger charge is -2.00. The maximum Gasteiger partial charge on any atom is 0.227 e. The first kappa shape index (κ1) is 7.41. The Kier molecular flexibility index (Phi) is 2.57. The van der Waals surface area contributed by atoms with Crippen molar-refractivity contribution >= 4 is 17.7 Å². The Morgan fingerprint density at radius 3 is 2.60 bits per heavy atom. The third-order valence-electron chi connectivity index (χ3n) is 1.13. The molecule has 0 unspecified atom stereocenters. The molecule has 0 fully saturated rings. The molecule has 0 aliphatic heterocycles. The van der Waals surface area contributed by atoms with Gasteiger partial charge in [0.15, 0.2) is 0 Å². The van der Waals surface area contributed by atoms with Gasteiger partial charge in [-0.3, -0.25) is 4.79 Å². The number of thioether (sulfide) groups is 1. The highest BCUT2D eigenvalue weighted by Gasteiger charge is 2.04. The monoisotopic (exact) mass is 155 g/mol. The SMILES string of the molecule is NC(=O)CSC1C=CC=C1. The number of hydrogen-bond acceptors (Lipinski definition) is 2. The van der Waals surface area contributed by atoms with Crippen molar-refractivity contribution in [3.63, 3.8) is 0 Å². The van der Waals surface area contributed by atoms with Crippen molar-refractivity contribution < 1.29 is 4.79 Å². The van der Waals surface area contributed by atoms with Crippen LogP contribution in [0.1, 0.15) is 0 Å². The zero-order valence-corrected chi connectivity index (χ0v) is 6.30. The molecular formula is C7H9NOS. The summed E-state index contributed by atoms with van der Waals surface area (Å²) in [5, 5.41) is 0.354. The minimum absolute atomic E-state index is 0.251. The maximum atomic E-state index is 10.3. The van der Waals surface area contributed by atoms with Gasteiger partial charge in [0.25, 0.3) is 0 Å². The number of amides is 1. The van der Waals surface area contributed by atoms with E-state index in [1.165, 1.54) is 0 Å². The zero-order chi connectivity index (χ0) is 7.40. The van der Waals surface area contributed by atoms with Crippen molar-refractivity contribution in [2.45, 2.75) is 5.25 Å². The smallest absolute Gasteiger partial charge is 0.227 e. The summed E-state index contributed by atoms with van der Waals surface area (Å²) in [6, 6.07) is 0. The van der Waals surface area contributed by atoms with Crippen molar-refractivity contribution in [2.24, 2.45) is 5.73 Å². The van der Waals surface area contributed by atoms with Crippen molar-refractivity contribution in [1.82, 2.24) is 0 Å². The molecular weight excluding hydrogens is 146 g/mol. The van der Waals surface area contributed by atoms with Gasteiger partial charge >= 0.3 is 0 Å². The van der Waals surface area contributed by atoms with E-state index in [0.29, 0.717) is 11.0 Å². The fraction of sp³-hybridized carbons (Fsp3) is 0.286. The largest absolute Gasteiger partial charge is 0.369 e. The molecule has 0 bridgehead atoms. The molecule has 3 heteroatoms. The number of nitrogens with two attached hydrogens (primary N) is 1. The number of rotatable bonds is 3. The molecule has 0 saturated carbocycles. The first-order chi connectivity index (χ1) is 4.79. The summed E-state index contributed by atoms with van der Waals surface area (Å²) in [5.74, 6) is 0.151. The van der Waals surface area contributed by atoms with E-state index < -0.39 is 0 Å². The van der Waals surface area contributed by atoms with Gasteiger partial charge in [-0.1, -0.05) is 24.3 Å². The standard InChI is InChI=1S/C7H9NOS/c8-7(9)5-10-6-3-1-2-4-6/h1-4,6H,5H2,(H2,8,9). The van der Waals surface area contributed by atoms with Gasteiger partial charge in [0.05, 0.1) is 5.75 Å². The van der Waals surface area contributed by atoms with Crippen LogP contribution in [0.15, 0.2) is 24.3 Å². The molecule has 1 rings (SSSR count). The van der Waals surface area contributed by atoms with Gasteiger partial charge in [-0.25, -0.2) is 0 Å². The Morgan fingerprint density at radius 1 is 1.50 bits per heavy atom. The summed E-state index contributed by atoms with van der Waals surface area (Å²) < 4.78 is 0. The van der Waals surface area contributed by atoms with Crippen LogP contribution in [0, 0.1) is 0 Å². The molecule has 0 aromatic rings. The van der Waals surface area contributed by atoms with E-state index in [2.05, 4.69) is 0 Å². The number of hydrogen-bond donors (Lipinski definition) is 1. The lowest BCUT2D eigenvalue weighted by atomic mass is 10.5. The molecule has 0 saturated heterocycles. The number of primary amides is 1. The Morgan fingerprint density at radius 2 is 2.10 bits per heavy atom. The Balaban J connectivity index is 2.20. The van der Waals surface area contributed by atoms with Crippen LogP contribution >= 0.6 is 11.8 Å². The molecule has 1 amide bonds. The number of allylic oxidation sites excluding steroid dienone is 2. The predicted molar refractivity (Wildman–Crippen MR) is 43.7 cm³/mol. The second-order valence-corrected chi connectivity index (χ2v) is 3.18. The second kappa shape index (κ2) is 3.46. The van der Waals surface area contributed by atoms with Crippen LogP contribution in [-0.2, 0) is 4.79 Å². The number of carbonyl (C=O) groups excluding carboxylic acids is 1. The lowest BCUT2D eigenvalue weighted by molar-refractivity contribution is -0.115. The molecule has 1 aliphatic carbocycles. The fourth-order valence-electron chi connectivity index (χ4n) is 0.701. The predicted octanol–water partition coefficient (Wildman–Crippen LogP) is 0.700. The van der Waals surface area contributed by atoms with Crippen LogP contribution < -0.4 is 5.73 Å². The van der Waals surface area contributed by atoms with Crippen LogP contribution in [0.3, 0.4) is 0 Å². The highest BCUT2D eigenvalue weighted by molar-refractivity contribution is 8.00. The van der Waals surface area contributed by atoms with Crippen molar-refractivity contribution in [2.75, 3.05) is 5.75 Å². The van der Waals surface area contributed by atoms with Gasteiger partial charge in [0.1, 0.15) is 0 Å². The van der Waals surface area contributed by atoms with E-state index in [9.17, 15) is 4.79 Å². The van der Waals surface area contributed by atoms with Crippen LogP contribution in [0.4, 0.5) is 0 Å². The molecule has 54 valence electrons. The Bertz CT molecular complexity index is 174. The summed E-state index contributed by atoms with van der Waals surface area (Å²) in [4.78, 5) is 10.3. The first-order valence-corrected chi connectivity index (χ1v) is 4.09. The van der Waals surface area contributed by atoms with E-state index >= 15 is 0 Å². The first-order valence-electron chi connectivity index (χ1n) is 3.04.